The van der Waals surface area contributed by atoms with Crippen LogP contribution < -0.4 is 0 Å². The predicted octanol–water partition coefficient (Wildman–Crippen LogP) is 4.76. The Morgan fingerprint density at radius 1 is 1.24 bits per heavy atom. The molecular weight excluding hydrogens is 254 g/mol. The van der Waals surface area contributed by atoms with E-state index in [-0.39, 0.29) is 0 Å². The number of unbranched alkanes of at least 4 members (excludes halogenated alkanes) is 5. The van der Waals surface area contributed by atoms with E-state index in [4.69, 9.17) is 16.3 Å². The van der Waals surface area contributed by atoms with Crippen LogP contribution in [0.2, 0.25) is 0 Å². The number of hydrogen-bond acceptors (Lipinski definition) is 3. The number of aromatic nitrogens is 1. The minimum atomic E-state index is 0.494. The van der Waals surface area contributed by atoms with Crippen molar-refractivity contribution >= 4 is 22.9 Å². The molecule has 0 radical (unpaired) electrons. The van der Waals surface area contributed by atoms with Gasteiger partial charge in [0.1, 0.15) is 5.01 Å². The molecule has 2 nitrogen and oxygen atoms in total. The van der Waals surface area contributed by atoms with Gasteiger partial charge in [0.25, 0.3) is 0 Å². The lowest BCUT2D eigenvalue weighted by molar-refractivity contribution is 0.116. The zero-order valence-corrected chi connectivity index (χ0v) is 12.2. The Hall–Kier alpha value is -0.120. The number of alkyl halides is 1. The van der Waals surface area contributed by atoms with E-state index in [1.807, 2.05) is 5.38 Å². The van der Waals surface area contributed by atoms with Crippen molar-refractivity contribution in [2.75, 3.05) is 6.61 Å². The van der Waals surface area contributed by atoms with Crippen LogP contribution in [0.4, 0.5) is 0 Å². The Kier molecular flexibility index (Phi) is 8.67. The van der Waals surface area contributed by atoms with Gasteiger partial charge in [-0.1, -0.05) is 39.0 Å². The van der Waals surface area contributed by atoms with Gasteiger partial charge < -0.3 is 4.74 Å². The first-order valence-corrected chi connectivity index (χ1v) is 7.85. The molecule has 1 aromatic heterocycles. The first-order chi connectivity index (χ1) is 8.36. The molecule has 98 valence electrons. The Morgan fingerprint density at radius 2 is 2.00 bits per heavy atom. The molecule has 0 fully saturated rings. The van der Waals surface area contributed by atoms with Crippen LogP contribution in [-0.2, 0) is 17.2 Å². The van der Waals surface area contributed by atoms with Gasteiger partial charge in [-0.25, -0.2) is 4.98 Å². The smallest absolute Gasteiger partial charge is 0.119 e. The van der Waals surface area contributed by atoms with Crippen molar-refractivity contribution in [1.29, 1.82) is 0 Å². The maximum atomic E-state index is 5.69. The van der Waals surface area contributed by atoms with Crippen LogP contribution in [-0.4, -0.2) is 11.6 Å². The highest BCUT2D eigenvalue weighted by Gasteiger charge is 2.00. The SMILES string of the molecule is CCCCCCCCOCc1nc(CCl)cs1. The second-order valence-electron chi connectivity index (χ2n) is 4.19. The summed E-state index contributed by atoms with van der Waals surface area (Å²) in [6.45, 7) is 3.73. The van der Waals surface area contributed by atoms with E-state index >= 15 is 0 Å². The molecule has 0 atom stereocenters. The van der Waals surface area contributed by atoms with Gasteiger partial charge >= 0.3 is 0 Å². The van der Waals surface area contributed by atoms with Gasteiger partial charge in [0.2, 0.25) is 0 Å². The predicted molar refractivity (Wildman–Crippen MR) is 74.7 cm³/mol. The van der Waals surface area contributed by atoms with Gasteiger partial charge in [-0.2, -0.15) is 0 Å². The molecule has 0 spiro atoms. The van der Waals surface area contributed by atoms with Gasteiger partial charge in [0, 0.05) is 12.0 Å². The molecule has 0 amide bonds. The standard InChI is InChI=1S/C13H22ClNOS/c1-2-3-4-5-6-7-8-16-10-13-15-12(9-14)11-17-13/h11H,2-10H2,1H3. The van der Waals surface area contributed by atoms with Crippen LogP contribution in [0.1, 0.15) is 56.2 Å². The van der Waals surface area contributed by atoms with Gasteiger partial charge in [-0.15, -0.1) is 22.9 Å². The zero-order valence-electron chi connectivity index (χ0n) is 10.6. The fourth-order valence-corrected chi connectivity index (χ4v) is 2.58. The van der Waals surface area contributed by atoms with Crippen LogP contribution in [0, 0.1) is 0 Å². The van der Waals surface area contributed by atoms with E-state index in [2.05, 4.69) is 11.9 Å². The molecule has 0 aromatic carbocycles. The van der Waals surface area contributed by atoms with Crippen LogP contribution in [0.25, 0.3) is 0 Å². The average Bonchev–Trinajstić information content (AvgIpc) is 2.80. The average molecular weight is 276 g/mol. The number of thiazole rings is 1. The summed E-state index contributed by atoms with van der Waals surface area (Å²) in [5.74, 6) is 0.494. The molecule has 1 rings (SSSR count). The molecule has 4 heteroatoms. The molecule has 1 aromatic rings. The van der Waals surface area contributed by atoms with Crippen LogP contribution in [0.15, 0.2) is 5.38 Å². The third kappa shape index (κ3) is 7.02. The quantitative estimate of drug-likeness (QED) is 0.454. The summed E-state index contributed by atoms with van der Waals surface area (Å²) in [6.07, 6.45) is 7.82. The molecule has 0 aliphatic carbocycles. The maximum Gasteiger partial charge on any atom is 0.119 e. The van der Waals surface area contributed by atoms with Crippen molar-refractivity contribution in [3.05, 3.63) is 16.1 Å². The van der Waals surface area contributed by atoms with E-state index < -0.39 is 0 Å². The summed E-state index contributed by atoms with van der Waals surface area (Å²) in [6, 6.07) is 0. The van der Waals surface area contributed by atoms with Gasteiger partial charge in [-0.3, -0.25) is 0 Å². The summed E-state index contributed by atoms with van der Waals surface area (Å²) in [5, 5.41) is 3.03. The van der Waals surface area contributed by atoms with Crippen LogP contribution in [0.3, 0.4) is 0 Å². The lowest BCUT2D eigenvalue weighted by Gasteiger charge is -2.02. The molecule has 0 aliphatic rings. The topological polar surface area (TPSA) is 22.1 Å². The van der Waals surface area contributed by atoms with E-state index in [1.165, 1.54) is 32.1 Å². The Labute approximate surface area is 113 Å². The molecule has 17 heavy (non-hydrogen) atoms. The van der Waals surface area contributed by atoms with Crippen molar-refractivity contribution in [2.45, 2.75) is 57.9 Å². The van der Waals surface area contributed by atoms with Gasteiger partial charge in [0.05, 0.1) is 18.2 Å². The van der Waals surface area contributed by atoms with Crippen molar-refractivity contribution in [1.82, 2.24) is 4.98 Å². The highest BCUT2D eigenvalue weighted by Crippen LogP contribution is 2.13. The minimum absolute atomic E-state index is 0.494. The fourth-order valence-electron chi connectivity index (χ4n) is 1.62. The Bertz CT molecular complexity index is 291. The van der Waals surface area contributed by atoms with Gasteiger partial charge in [0.15, 0.2) is 0 Å². The molecule has 0 saturated heterocycles. The molecule has 0 saturated carbocycles. The molecule has 1 heterocycles. The summed E-state index contributed by atoms with van der Waals surface area (Å²) in [7, 11) is 0. The number of hydrogen-bond donors (Lipinski definition) is 0. The van der Waals surface area contributed by atoms with E-state index in [1.54, 1.807) is 11.3 Å². The van der Waals surface area contributed by atoms with Crippen molar-refractivity contribution in [2.24, 2.45) is 0 Å². The summed E-state index contributed by atoms with van der Waals surface area (Å²) < 4.78 is 5.59. The van der Waals surface area contributed by atoms with E-state index in [0.29, 0.717) is 12.5 Å². The summed E-state index contributed by atoms with van der Waals surface area (Å²) in [4.78, 5) is 4.35. The van der Waals surface area contributed by atoms with E-state index in [9.17, 15) is 0 Å². The molecule has 0 aliphatic heterocycles. The lowest BCUT2D eigenvalue weighted by Crippen LogP contribution is -1.95. The maximum absolute atomic E-state index is 5.69. The number of nitrogens with zero attached hydrogens (tertiary/aromatic N) is 1. The Morgan fingerprint density at radius 3 is 2.71 bits per heavy atom. The number of rotatable bonds is 10. The molecule has 0 N–H and O–H groups in total. The van der Waals surface area contributed by atoms with Gasteiger partial charge in [-0.05, 0) is 6.42 Å². The monoisotopic (exact) mass is 275 g/mol. The van der Waals surface area contributed by atoms with Crippen molar-refractivity contribution in [3.8, 4) is 0 Å². The highest BCUT2D eigenvalue weighted by molar-refractivity contribution is 7.09. The Balaban J connectivity index is 1.93. The number of halogens is 1. The number of ether oxygens (including phenoxy) is 1. The van der Waals surface area contributed by atoms with Crippen LogP contribution in [0.5, 0.6) is 0 Å². The first-order valence-electron chi connectivity index (χ1n) is 6.43. The second-order valence-corrected chi connectivity index (χ2v) is 5.40. The third-order valence-electron chi connectivity index (χ3n) is 2.60. The first kappa shape index (κ1) is 14.9. The van der Waals surface area contributed by atoms with Crippen LogP contribution >= 0.6 is 22.9 Å². The lowest BCUT2D eigenvalue weighted by atomic mass is 10.1. The second kappa shape index (κ2) is 9.86. The van der Waals surface area contributed by atoms with Crippen molar-refractivity contribution < 1.29 is 4.74 Å². The highest BCUT2D eigenvalue weighted by atomic mass is 35.5. The minimum Gasteiger partial charge on any atom is -0.374 e. The molecule has 0 bridgehead atoms. The van der Waals surface area contributed by atoms with Crippen molar-refractivity contribution in [3.63, 3.8) is 0 Å². The fraction of sp³-hybridized carbons (Fsp3) is 0.769. The zero-order chi connectivity index (χ0) is 12.3. The third-order valence-corrected chi connectivity index (χ3v) is 3.75. The summed E-state index contributed by atoms with van der Waals surface area (Å²) in [5.41, 5.74) is 0.954. The molecular formula is C13H22ClNOS. The van der Waals surface area contributed by atoms with E-state index in [0.717, 1.165) is 23.7 Å². The largest absolute Gasteiger partial charge is 0.374 e. The molecule has 0 unspecified atom stereocenters. The normalized spacial score (nSPS) is 10.9. The summed E-state index contributed by atoms with van der Waals surface area (Å²) >= 11 is 7.32.